The molecular weight excluding hydrogens is 332 g/mol. The second-order valence-electron chi connectivity index (χ2n) is 7.45. The van der Waals surface area contributed by atoms with Crippen LogP contribution in [-0.4, -0.2) is 38.4 Å². The molecule has 1 atom stereocenters. The fourth-order valence-electron chi connectivity index (χ4n) is 3.96. The van der Waals surface area contributed by atoms with Gasteiger partial charge in [-0.2, -0.15) is 0 Å². The maximum Gasteiger partial charge on any atom is 0.228 e. The number of thiazole rings is 1. The number of rotatable bonds is 5. The number of imidazole rings is 1. The predicted molar refractivity (Wildman–Crippen MR) is 98.7 cm³/mol. The van der Waals surface area contributed by atoms with Crippen molar-refractivity contribution < 1.29 is 4.79 Å². The zero-order chi connectivity index (χ0) is 17.2. The molecule has 1 saturated heterocycles. The Labute approximate surface area is 153 Å². The van der Waals surface area contributed by atoms with Crippen LogP contribution in [0.3, 0.4) is 0 Å². The molecule has 6 heteroatoms. The summed E-state index contributed by atoms with van der Waals surface area (Å²) in [5, 5.41) is 3.03. The molecule has 5 nitrogen and oxygen atoms in total. The molecule has 1 amide bonds. The van der Waals surface area contributed by atoms with E-state index in [4.69, 9.17) is 0 Å². The van der Waals surface area contributed by atoms with Crippen LogP contribution in [0.1, 0.15) is 54.5 Å². The largest absolute Gasteiger partial charge is 0.342 e. The molecule has 0 radical (unpaired) electrons. The fourth-order valence-corrected chi connectivity index (χ4v) is 4.57. The third-order valence-electron chi connectivity index (χ3n) is 5.57. The van der Waals surface area contributed by atoms with Crippen LogP contribution in [-0.2, 0) is 17.8 Å². The summed E-state index contributed by atoms with van der Waals surface area (Å²) in [5.74, 6) is 2.56. The maximum absolute atomic E-state index is 12.7. The number of amides is 1. The minimum Gasteiger partial charge on any atom is -0.342 e. The normalized spacial score (nSPS) is 21.3. The van der Waals surface area contributed by atoms with Crippen LogP contribution >= 0.6 is 11.3 Å². The number of carbonyl (C=O) groups is 1. The fraction of sp³-hybridized carbons (Fsp3) is 0.632. The molecule has 3 heterocycles. The molecule has 2 aliphatic rings. The van der Waals surface area contributed by atoms with Crippen LogP contribution in [0.4, 0.5) is 0 Å². The molecule has 1 saturated carbocycles. The summed E-state index contributed by atoms with van der Waals surface area (Å²) in [4.78, 5) is 23.8. The molecule has 2 aromatic heterocycles. The molecule has 1 aliphatic carbocycles. The van der Waals surface area contributed by atoms with E-state index in [9.17, 15) is 4.79 Å². The summed E-state index contributed by atoms with van der Waals surface area (Å²) in [6.45, 7) is 4.74. The number of piperidine rings is 1. The first kappa shape index (κ1) is 16.8. The van der Waals surface area contributed by atoms with Crippen LogP contribution in [0.15, 0.2) is 17.8 Å². The molecule has 0 bridgehead atoms. The molecule has 0 N–H and O–H groups in total. The number of carbonyl (C=O) groups excluding carboxylic acids is 1. The molecule has 4 rings (SSSR count). The molecule has 0 spiro atoms. The highest BCUT2D eigenvalue weighted by Crippen LogP contribution is 2.31. The first-order chi connectivity index (χ1) is 12.2. The minimum absolute atomic E-state index is 0.201. The second kappa shape index (κ2) is 7.28. The minimum atomic E-state index is 0.201. The van der Waals surface area contributed by atoms with E-state index in [0.717, 1.165) is 49.1 Å². The van der Waals surface area contributed by atoms with Crippen LogP contribution in [0.2, 0.25) is 0 Å². The average molecular weight is 359 g/mol. The Morgan fingerprint density at radius 3 is 2.92 bits per heavy atom. The first-order valence-electron chi connectivity index (χ1n) is 9.39. The highest BCUT2D eigenvalue weighted by atomic mass is 32.1. The van der Waals surface area contributed by atoms with Gasteiger partial charge >= 0.3 is 0 Å². The van der Waals surface area contributed by atoms with Gasteiger partial charge in [0.2, 0.25) is 5.91 Å². The van der Waals surface area contributed by atoms with Gasteiger partial charge in [-0.1, -0.05) is 6.42 Å². The SMILES string of the molecule is Cc1nc(CC(=O)N2CCC[C@@H](c3nccn3CC3CCC3)C2)cs1. The van der Waals surface area contributed by atoms with Crippen molar-refractivity contribution in [3.63, 3.8) is 0 Å². The molecular formula is C19H26N4OS. The van der Waals surface area contributed by atoms with Crippen molar-refractivity contribution in [1.29, 1.82) is 0 Å². The van der Waals surface area contributed by atoms with Crippen molar-refractivity contribution in [2.24, 2.45) is 5.92 Å². The topological polar surface area (TPSA) is 51.0 Å². The van der Waals surface area contributed by atoms with E-state index in [1.807, 2.05) is 23.4 Å². The van der Waals surface area contributed by atoms with E-state index in [1.165, 1.54) is 25.1 Å². The lowest BCUT2D eigenvalue weighted by molar-refractivity contribution is -0.131. The summed E-state index contributed by atoms with van der Waals surface area (Å²) in [5.41, 5.74) is 0.904. The lowest BCUT2D eigenvalue weighted by Crippen LogP contribution is -2.40. The van der Waals surface area contributed by atoms with Gasteiger partial charge in [0, 0.05) is 43.3 Å². The van der Waals surface area contributed by atoms with E-state index in [-0.39, 0.29) is 5.91 Å². The van der Waals surface area contributed by atoms with Gasteiger partial charge in [0.1, 0.15) is 5.82 Å². The van der Waals surface area contributed by atoms with Gasteiger partial charge in [-0.15, -0.1) is 11.3 Å². The summed E-state index contributed by atoms with van der Waals surface area (Å²) < 4.78 is 2.34. The number of aromatic nitrogens is 3. The molecule has 2 aromatic rings. The van der Waals surface area contributed by atoms with Gasteiger partial charge in [0.25, 0.3) is 0 Å². The molecule has 1 aliphatic heterocycles. The number of hydrogen-bond donors (Lipinski definition) is 0. The standard InChI is InChI=1S/C19H26N4OS/c1-14-21-17(13-25-14)10-18(24)22-8-3-6-16(12-22)19-20-7-9-23(19)11-15-4-2-5-15/h7,9,13,15-16H,2-6,8,10-12H2,1H3/t16-/m1/s1. The zero-order valence-corrected chi connectivity index (χ0v) is 15.7. The third kappa shape index (κ3) is 3.78. The van der Waals surface area contributed by atoms with E-state index < -0.39 is 0 Å². The monoisotopic (exact) mass is 358 g/mol. The molecule has 2 fully saturated rings. The van der Waals surface area contributed by atoms with Gasteiger partial charge in [0.05, 0.1) is 17.1 Å². The summed E-state index contributed by atoms with van der Waals surface area (Å²) in [6.07, 6.45) is 10.7. The van der Waals surface area contributed by atoms with Crippen LogP contribution in [0, 0.1) is 12.8 Å². The molecule has 0 unspecified atom stereocenters. The molecule has 134 valence electrons. The van der Waals surface area contributed by atoms with Crippen molar-refractivity contribution in [3.8, 4) is 0 Å². The van der Waals surface area contributed by atoms with Crippen LogP contribution in [0.25, 0.3) is 0 Å². The van der Waals surface area contributed by atoms with Crippen molar-refractivity contribution >= 4 is 17.2 Å². The summed E-state index contributed by atoms with van der Waals surface area (Å²) >= 11 is 1.61. The van der Waals surface area contributed by atoms with E-state index in [1.54, 1.807) is 11.3 Å². The number of nitrogens with zero attached hydrogens (tertiary/aromatic N) is 4. The Kier molecular flexibility index (Phi) is 4.88. The molecule has 25 heavy (non-hydrogen) atoms. The van der Waals surface area contributed by atoms with Gasteiger partial charge in [-0.05, 0) is 38.5 Å². The second-order valence-corrected chi connectivity index (χ2v) is 8.51. The quantitative estimate of drug-likeness (QED) is 0.823. The number of likely N-dealkylation sites (tertiary alicyclic amines) is 1. The van der Waals surface area contributed by atoms with Crippen LogP contribution < -0.4 is 0 Å². The van der Waals surface area contributed by atoms with Gasteiger partial charge in [0.15, 0.2) is 0 Å². The van der Waals surface area contributed by atoms with Crippen LogP contribution in [0.5, 0.6) is 0 Å². The zero-order valence-electron chi connectivity index (χ0n) is 14.9. The highest BCUT2D eigenvalue weighted by Gasteiger charge is 2.28. The Balaban J connectivity index is 1.40. The van der Waals surface area contributed by atoms with Gasteiger partial charge in [-0.3, -0.25) is 4.79 Å². The summed E-state index contributed by atoms with van der Waals surface area (Å²) in [7, 11) is 0. The Morgan fingerprint density at radius 2 is 2.20 bits per heavy atom. The van der Waals surface area contributed by atoms with E-state index in [2.05, 4.69) is 20.7 Å². The Hall–Kier alpha value is -1.69. The predicted octanol–water partition coefficient (Wildman–Crippen LogP) is 3.40. The van der Waals surface area contributed by atoms with Crippen molar-refractivity contribution in [1.82, 2.24) is 19.4 Å². The maximum atomic E-state index is 12.7. The summed E-state index contributed by atoms with van der Waals surface area (Å²) in [6, 6.07) is 0. The lowest BCUT2D eigenvalue weighted by atomic mass is 9.85. The average Bonchev–Trinajstić information content (AvgIpc) is 3.20. The molecule has 0 aromatic carbocycles. The number of aryl methyl sites for hydroxylation is 1. The lowest BCUT2D eigenvalue weighted by Gasteiger charge is -2.33. The smallest absolute Gasteiger partial charge is 0.228 e. The Bertz CT molecular complexity index is 733. The van der Waals surface area contributed by atoms with Crippen molar-refractivity contribution in [2.75, 3.05) is 13.1 Å². The first-order valence-corrected chi connectivity index (χ1v) is 10.3. The third-order valence-corrected chi connectivity index (χ3v) is 6.39. The highest BCUT2D eigenvalue weighted by molar-refractivity contribution is 7.09. The number of hydrogen-bond acceptors (Lipinski definition) is 4. The van der Waals surface area contributed by atoms with E-state index >= 15 is 0 Å². The Morgan fingerprint density at radius 1 is 1.32 bits per heavy atom. The van der Waals surface area contributed by atoms with Crippen molar-refractivity contribution in [3.05, 3.63) is 34.3 Å². The van der Waals surface area contributed by atoms with Gasteiger partial charge in [-0.25, -0.2) is 9.97 Å². The van der Waals surface area contributed by atoms with Crippen molar-refractivity contribution in [2.45, 2.75) is 57.9 Å². The van der Waals surface area contributed by atoms with E-state index in [0.29, 0.717) is 12.3 Å². The van der Waals surface area contributed by atoms with Gasteiger partial charge < -0.3 is 9.47 Å².